The van der Waals surface area contributed by atoms with E-state index in [0.29, 0.717) is 38.3 Å². The van der Waals surface area contributed by atoms with Crippen molar-refractivity contribution in [3.63, 3.8) is 0 Å². The van der Waals surface area contributed by atoms with Crippen LogP contribution in [-0.4, -0.2) is 59.8 Å². The molecule has 1 aliphatic heterocycles. The van der Waals surface area contributed by atoms with E-state index in [0.717, 1.165) is 16.5 Å². The average molecular weight is 421 g/mol. The largest absolute Gasteiger partial charge is 0.367 e. The van der Waals surface area contributed by atoms with E-state index >= 15 is 0 Å². The van der Waals surface area contributed by atoms with Crippen molar-refractivity contribution in [2.45, 2.75) is 6.42 Å². The number of nitro groups is 1. The Hall–Kier alpha value is -3.88. The molecule has 0 saturated carbocycles. The maximum absolute atomic E-state index is 12.8. The molecule has 0 bridgehead atoms. The number of hydrogen-bond donors (Lipinski definition) is 2. The molecular weight excluding hydrogens is 398 g/mol. The highest BCUT2D eigenvalue weighted by Gasteiger charge is 2.25. The van der Waals surface area contributed by atoms with Gasteiger partial charge in [-0.2, -0.15) is 0 Å². The number of fused-ring (bicyclic) bond motifs is 1. The molecule has 0 aliphatic carbocycles. The Morgan fingerprint density at radius 1 is 1.13 bits per heavy atom. The van der Waals surface area contributed by atoms with Crippen molar-refractivity contribution in [2.75, 3.05) is 38.1 Å². The van der Waals surface area contributed by atoms with Crippen LogP contribution in [0.25, 0.3) is 10.9 Å². The Morgan fingerprint density at radius 3 is 2.58 bits per heavy atom. The minimum absolute atomic E-state index is 0.0552. The van der Waals surface area contributed by atoms with Gasteiger partial charge in [-0.05, 0) is 17.7 Å². The maximum Gasteiger partial charge on any atom is 0.270 e. The molecule has 9 heteroatoms. The van der Waals surface area contributed by atoms with Crippen molar-refractivity contribution >= 4 is 34.1 Å². The summed E-state index contributed by atoms with van der Waals surface area (Å²) in [5, 5.41) is 14.7. The second-order valence-electron chi connectivity index (χ2n) is 7.44. The topological polar surface area (TPSA) is 112 Å². The Kier molecular flexibility index (Phi) is 5.57. The van der Waals surface area contributed by atoms with Crippen LogP contribution < -0.4 is 10.2 Å². The zero-order valence-electron chi connectivity index (χ0n) is 17.1. The van der Waals surface area contributed by atoms with E-state index in [1.165, 1.54) is 19.2 Å². The maximum atomic E-state index is 12.8. The summed E-state index contributed by atoms with van der Waals surface area (Å²) in [5.41, 5.74) is 2.74. The molecule has 2 amide bonds. The van der Waals surface area contributed by atoms with E-state index in [-0.39, 0.29) is 23.1 Å². The summed E-state index contributed by atoms with van der Waals surface area (Å²) in [5.74, 6) is -0.323. The van der Waals surface area contributed by atoms with Gasteiger partial charge >= 0.3 is 0 Å². The summed E-state index contributed by atoms with van der Waals surface area (Å²) in [7, 11) is 1.49. The number of piperazine rings is 1. The molecule has 0 unspecified atom stereocenters. The summed E-state index contributed by atoms with van der Waals surface area (Å²) in [4.78, 5) is 42.7. The minimum Gasteiger partial charge on any atom is -0.367 e. The van der Waals surface area contributed by atoms with Crippen LogP contribution in [0.2, 0.25) is 0 Å². The number of nitrogens with one attached hydrogen (secondary N) is 2. The number of para-hydroxylation sites is 1. The molecule has 1 aliphatic rings. The van der Waals surface area contributed by atoms with Crippen molar-refractivity contribution in [3.05, 3.63) is 69.9 Å². The van der Waals surface area contributed by atoms with Crippen LogP contribution in [0.1, 0.15) is 15.9 Å². The molecule has 2 heterocycles. The lowest BCUT2D eigenvalue weighted by Gasteiger charge is -2.36. The molecule has 1 fully saturated rings. The third kappa shape index (κ3) is 4.07. The number of benzene rings is 2. The monoisotopic (exact) mass is 421 g/mol. The molecule has 31 heavy (non-hydrogen) atoms. The molecule has 0 radical (unpaired) electrons. The van der Waals surface area contributed by atoms with Gasteiger partial charge in [0, 0.05) is 62.5 Å². The smallest absolute Gasteiger partial charge is 0.270 e. The Balaban J connectivity index is 1.45. The molecule has 4 rings (SSSR count). The highest BCUT2D eigenvalue weighted by molar-refractivity contribution is 6.00. The Labute approximate surface area is 178 Å². The number of rotatable bonds is 5. The van der Waals surface area contributed by atoms with E-state index in [9.17, 15) is 19.7 Å². The molecule has 2 aromatic carbocycles. The lowest BCUT2D eigenvalue weighted by atomic mass is 10.1. The molecule has 2 N–H and O–H groups in total. The Morgan fingerprint density at radius 2 is 1.87 bits per heavy atom. The summed E-state index contributed by atoms with van der Waals surface area (Å²) >= 11 is 0. The van der Waals surface area contributed by atoms with Crippen LogP contribution in [0, 0.1) is 10.1 Å². The Bertz CT molecular complexity index is 1150. The van der Waals surface area contributed by atoms with Gasteiger partial charge in [0.15, 0.2) is 0 Å². The van der Waals surface area contributed by atoms with Gasteiger partial charge in [0.2, 0.25) is 5.91 Å². The number of carbonyl (C=O) groups is 2. The third-order valence-corrected chi connectivity index (χ3v) is 5.65. The summed E-state index contributed by atoms with van der Waals surface area (Å²) in [6.07, 6.45) is 2.20. The first-order valence-corrected chi connectivity index (χ1v) is 10.1. The van der Waals surface area contributed by atoms with E-state index in [1.807, 2.05) is 40.3 Å². The van der Waals surface area contributed by atoms with Crippen LogP contribution in [0.4, 0.5) is 11.4 Å². The van der Waals surface area contributed by atoms with E-state index in [4.69, 9.17) is 0 Å². The molecule has 0 spiro atoms. The highest BCUT2D eigenvalue weighted by atomic mass is 16.6. The lowest BCUT2D eigenvalue weighted by Crippen LogP contribution is -2.49. The van der Waals surface area contributed by atoms with Crippen molar-refractivity contribution < 1.29 is 14.5 Å². The number of non-ortho nitro benzene ring substituents is 1. The van der Waals surface area contributed by atoms with E-state index in [2.05, 4.69) is 10.3 Å². The fraction of sp³-hybridized carbons (Fsp3) is 0.273. The zero-order chi connectivity index (χ0) is 22.0. The van der Waals surface area contributed by atoms with Crippen LogP contribution in [0.15, 0.2) is 48.7 Å². The average Bonchev–Trinajstić information content (AvgIpc) is 3.21. The number of H-pyrrole nitrogens is 1. The van der Waals surface area contributed by atoms with Gasteiger partial charge in [0.1, 0.15) is 0 Å². The number of amides is 2. The number of nitrogens with zero attached hydrogens (tertiary/aromatic N) is 3. The first-order valence-electron chi connectivity index (χ1n) is 10.1. The molecule has 1 saturated heterocycles. The first kappa shape index (κ1) is 20.4. The molecule has 0 atom stereocenters. The predicted molar refractivity (Wildman–Crippen MR) is 117 cm³/mol. The normalized spacial score (nSPS) is 14.0. The fourth-order valence-corrected chi connectivity index (χ4v) is 3.98. The van der Waals surface area contributed by atoms with E-state index in [1.54, 1.807) is 6.07 Å². The van der Waals surface area contributed by atoms with Crippen LogP contribution in [0.3, 0.4) is 0 Å². The van der Waals surface area contributed by atoms with Gasteiger partial charge in [-0.25, -0.2) is 0 Å². The number of carbonyl (C=O) groups excluding carboxylic acids is 2. The molecular formula is C22H23N5O4. The van der Waals surface area contributed by atoms with Crippen LogP contribution >= 0.6 is 0 Å². The number of aromatic nitrogens is 1. The number of aromatic amines is 1. The van der Waals surface area contributed by atoms with Gasteiger partial charge in [-0.1, -0.05) is 18.2 Å². The molecule has 160 valence electrons. The predicted octanol–water partition coefficient (Wildman–Crippen LogP) is 2.33. The quantitative estimate of drug-likeness (QED) is 0.485. The van der Waals surface area contributed by atoms with Crippen molar-refractivity contribution in [3.8, 4) is 0 Å². The van der Waals surface area contributed by atoms with Gasteiger partial charge in [-0.3, -0.25) is 19.7 Å². The summed E-state index contributed by atoms with van der Waals surface area (Å²) in [6, 6.07) is 12.2. The number of hydrogen-bond acceptors (Lipinski definition) is 5. The minimum atomic E-state index is -0.516. The van der Waals surface area contributed by atoms with Crippen molar-refractivity contribution in [1.82, 2.24) is 15.2 Å². The molecule has 9 nitrogen and oxygen atoms in total. The van der Waals surface area contributed by atoms with Crippen molar-refractivity contribution in [1.29, 1.82) is 0 Å². The standard InChI is InChI=1S/C22H23N5O4/c1-23-22(29)18-13-16(27(30)31)6-7-20(18)25-8-10-26(11-9-25)21(28)12-15-14-24-19-5-3-2-4-17(15)19/h2-7,13-14,24H,8-12H2,1H3,(H,23,29). The molecule has 3 aromatic rings. The highest BCUT2D eigenvalue weighted by Crippen LogP contribution is 2.27. The van der Waals surface area contributed by atoms with Crippen LogP contribution in [0.5, 0.6) is 0 Å². The summed E-state index contributed by atoms with van der Waals surface area (Å²) in [6.45, 7) is 2.12. The summed E-state index contributed by atoms with van der Waals surface area (Å²) < 4.78 is 0. The first-order chi connectivity index (χ1) is 15.0. The number of nitro benzene ring substituents is 1. The zero-order valence-corrected chi connectivity index (χ0v) is 17.1. The third-order valence-electron chi connectivity index (χ3n) is 5.65. The fourth-order valence-electron chi connectivity index (χ4n) is 3.98. The van der Waals surface area contributed by atoms with Crippen LogP contribution in [-0.2, 0) is 11.2 Å². The van der Waals surface area contributed by atoms with Gasteiger partial charge in [0.05, 0.1) is 22.6 Å². The molecule has 1 aromatic heterocycles. The van der Waals surface area contributed by atoms with Crippen molar-refractivity contribution in [2.24, 2.45) is 0 Å². The second kappa shape index (κ2) is 8.47. The lowest BCUT2D eigenvalue weighted by molar-refractivity contribution is -0.384. The van der Waals surface area contributed by atoms with Gasteiger partial charge in [0.25, 0.3) is 11.6 Å². The van der Waals surface area contributed by atoms with E-state index < -0.39 is 4.92 Å². The second-order valence-corrected chi connectivity index (χ2v) is 7.44. The van der Waals surface area contributed by atoms with Gasteiger partial charge in [-0.15, -0.1) is 0 Å². The number of anilines is 1. The SMILES string of the molecule is CNC(=O)c1cc([N+](=O)[O-])ccc1N1CCN(C(=O)Cc2c[nH]c3ccccc23)CC1. The van der Waals surface area contributed by atoms with Gasteiger partial charge < -0.3 is 20.1 Å².